The number of aromatic amines is 1. The van der Waals surface area contributed by atoms with E-state index in [1.807, 2.05) is 0 Å². The normalized spacial score (nSPS) is 12.8. The highest BCUT2D eigenvalue weighted by atomic mass is 35.5. The minimum Gasteiger partial charge on any atom is -0.321 e. The minimum absolute atomic E-state index is 0.0348. The summed E-state index contributed by atoms with van der Waals surface area (Å²) < 4.78 is 49.2. The van der Waals surface area contributed by atoms with E-state index in [9.17, 15) is 17.8 Å². The summed E-state index contributed by atoms with van der Waals surface area (Å²) in [6.45, 7) is 3.41. The van der Waals surface area contributed by atoms with Crippen molar-refractivity contribution < 1.29 is 22.0 Å². The number of pyridine rings is 1. The lowest BCUT2D eigenvalue weighted by Gasteiger charge is -2.17. The van der Waals surface area contributed by atoms with Gasteiger partial charge in [-0.05, 0) is 32.0 Å². The molecule has 144 valence electrons. The molecule has 0 unspecified atom stereocenters. The van der Waals surface area contributed by atoms with Crippen LogP contribution in [0.25, 0.3) is 10.9 Å². The number of nitrogens with one attached hydrogen (secondary N) is 1. The molecule has 0 saturated heterocycles. The molecule has 1 N–H and O–H groups in total. The van der Waals surface area contributed by atoms with Crippen molar-refractivity contribution >= 4 is 45.4 Å². The highest BCUT2D eigenvalue weighted by Gasteiger charge is 2.31. The van der Waals surface area contributed by atoms with Crippen molar-refractivity contribution in [2.24, 2.45) is 0 Å². The number of fused-ring (bicyclic) bond motifs is 1. The Hall–Kier alpha value is -1.22. The maximum atomic E-state index is 12.9. The zero-order valence-corrected chi connectivity index (χ0v) is 17.2. The van der Waals surface area contributed by atoms with Crippen LogP contribution < -0.4 is 10.9 Å². The number of halogens is 1. The average Bonchev–Trinajstić information content (AvgIpc) is 2.53. The summed E-state index contributed by atoms with van der Waals surface area (Å²) in [5.41, 5.74) is -0.344. The van der Waals surface area contributed by atoms with Gasteiger partial charge in [-0.15, -0.1) is 0 Å². The molecule has 1 aromatic carbocycles. The minimum atomic E-state index is -3.84. The SMILES string of the molecule is CCOP(=O)(OCC)c1cc2cc(S(=O)(=O)N(C)C)c(Cl)cc2[nH]c1=O. The van der Waals surface area contributed by atoms with Gasteiger partial charge in [0, 0.05) is 25.0 Å². The van der Waals surface area contributed by atoms with E-state index >= 15 is 0 Å². The smallest absolute Gasteiger partial charge is 0.321 e. The molecule has 2 aromatic rings. The van der Waals surface area contributed by atoms with Gasteiger partial charge < -0.3 is 14.0 Å². The van der Waals surface area contributed by atoms with Gasteiger partial charge in [0.1, 0.15) is 10.2 Å². The number of rotatable bonds is 7. The summed E-state index contributed by atoms with van der Waals surface area (Å²) in [7, 11) is -4.87. The van der Waals surface area contributed by atoms with Gasteiger partial charge in [0.25, 0.3) is 5.56 Å². The van der Waals surface area contributed by atoms with E-state index in [2.05, 4.69) is 4.98 Å². The van der Waals surface area contributed by atoms with Crippen LogP contribution in [0, 0.1) is 0 Å². The summed E-state index contributed by atoms with van der Waals surface area (Å²) in [6, 6.07) is 3.96. The lowest BCUT2D eigenvalue weighted by molar-refractivity contribution is 0.229. The quantitative estimate of drug-likeness (QED) is 0.686. The van der Waals surface area contributed by atoms with Gasteiger partial charge in [-0.1, -0.05) is 11.6 Å². The predicted molar refractivity (Wildman–Crippen MR) is 101 cm³/mol. The summed E-state index contributed by atoms with van der Waals surface area (Å²) in [5.74, 6) is 0. The van der Waals surface area contributed by atoms with Crippen LogP contribution in [0.5, 0.6) is 0 Å². The fourth-order valence-electron chi connectivity index (χ4n) is 2.31. The zero-order valence-electron chi connectivity index (χ0n) is 14.8. The number of hydrogen-bond acceptors (Lipinski definition) is 6. The number of hydrogen-bond donors (Lipinski definition) is 1. The van der Waals surface area contributed by atoms with Crippen molar-refractivity contribution in [2.75, 3.05) is 27.3 Å². The van der Waals surface area contributed by atoms with Crippen LogP contribution in [0.2, 0.25) is 5.02 Å². The average molecular weight is 423 g/mol. The molecule has 0 saturated carbocycles. The standard InChI is InChI=1S/C15H20ClN2O6PS/c1-5-23-25(20,24-6-2)13-7-10-8-14(26(21,22)18(3)4)11(16)9-12(10)17-15(13)19/h7-9H,5-6H2,1-4H3,(H,17,19). The number of benzene rings is 1. The number of nitrogens with zero attached hydrogens (tertiary/aromatic N) is 1. The van der Waals surface area contributed by atoms with E-state index in [4.69, 9.17) is 20.6 Å². The molecule has 0 aliphatic heterocycles. The van der Waals surface area contributed by atoms with Crippen molar-refractivity contribution in [3.63, 3.8) is 0 Å². The molecule has 0 atom stereocenters. The van der Waals surface area contributed by atoms with Gasteiger partial charge in [-0.2, -0.15) is 0 Å². The van der Waals surface area contributed by atoms with Crippen molar-refractivity contribution in [3.05, 3.63) is 33.6 Å². The Morgan fingerprint density at radius 3 is 2.23 bits per heavy atom. The van der Waals surface area contributed by atoms with E-state index in [0.29, 0.717) is 10.9 Å². The summed E-state index contributed by atoms with van der Waals surface area (Å²) in [4.78, 5) is 14.8. The van der Waals surface area contributed by atoms with Crippen LogP contribution in [-0.4, -0.2) is 45.0 Å². The number of sulfonamides is 1. The van der Waals surface area contributed by atoms with Gasteiger partial charge in [0.15, 0.2) is 0 Å². The van der Waals surface area contributed by atoms with E-state index in [-0.39, 0.29) is 28.4 Å². The highest BCUT2D eigenvalue weighted by Crippen LogP contribution is 2.46. The van der Waals surface area contributed by atoms with E-state index in [1.165, 1.54) is 32.3 Å². The lowest BCUT2D eigenvalue weighted by atomic mass is 10.2. The first-order valence-corrected chi connectivity index (χ1v) is 11.1. The first-order valence-electron chi connectivity index (χ1n) is 7.75. The van der Waals surface area contributed by atoms with Crippen molar-refractivity contribution in [1.82, 2.24) is 9.29 Å². The molecule has 0 spiro atoms. The van der Waals surface area contributed by atoms with Gasteiger partial charge >= 0.3 is 7.60 Å². The fourth-order valence-corrected chi connectivity index (χ4v) is 5.38. The molecule has 0 aliphatic carbocycles. The Morgan fingerprint density at radius 2 is 1.73 bits per heavy atom. The van der Waals surface area contributed by atoms with E-state index in [1.54, 1.807) is 13.8 Å². The van der Waals surface area contributed by atoms with Gasteiger partial charge in [0.05, 0.1) is 18.2 Å². The molecule has 0 fully saturated rings. The van der Waals surface area contributed by atoms with Gasteiger partial charge in [-0.3, -0.25) is 9.36 Å². The molecule has 2 rings (SSSR count). The predicted octanol–water partition coefficient (Wildman–Crippen LogP) is 2.32. The fraction of sp³-hybridized carbons (Fsp3) is 0.400. The van der Waals surface area contributed by atoms with Crippen LogP contribution in [-0.2, 0) is 23.6 Å². The van der Waals surface area contributed by atoms with Crippen LogP contribution in [0.4, 0.5) is 0 Å². The third-order valence-electron chi connectivity index (χ3n) is 3.53. The Labute approximate surface area is 156 Å². The first kappa shape index (κ1) is 21.1. The first-order chi connectivity index (χ1) is 12.1. The largest absolute Gasteiger partial charge is 0.366 e. The summed E-state index contributed by atoms with van der Waals surface area (Å²) >= 11 is 6.08. The molecule has 0 bridgehead atoms. The second kappa shape index (κ2) is 7.80. The van der Waals surface area contributed by atoms with Crippen LogP contribution in [0.1, 0.15) is 13.8 Å². The highest BCUT2D eigenvalue weighted by molar-refractivity contribution is 7.89. The molecular weight excluding hydrogens is 403 g/mol. The zero-order chi connectivity index (χ0) is 19.7. The number of aromatic nitrogens is 1. The molecule has 8 nitrogen and oxygen atoms in total. The second-order valence-electron chi connectivity index (χ2n) is 5.47. The van der Waals surface area contributed by atoms with Gasteiger partial charge in [0.2, 0.25) is 10.0 Å². The number of H-pyrrole nitrogens is 1. The maximum Gasteiger partial charge on any atom is 0.366 e. The molecule has 0 radical (unpaired) electrons. The van der Waals surface area contributed by atoms with E-state index in [0.717, 1.165) is 4.31 Å². The van der Waals surface area contributed by atoms with E-state index < -0.39 is 23.2 Å². The topological polar surface area (TPSA) is 106 Å². The molecule has 11 heteroatoms. The molecule has 0 aliphatic rings. The van der Waals surface area contributed by atoms with Crippen LogP contribution in [0.3, 0.4) is 0 Å². The molecule has 1 aromatic heterocycles. The Morgan fingerprint density at radius 1 is 1.15 bits per heavy atom. The molecular formula is C15H20ClN2O6PS. The van der Waals surface area contributed by atoms with Crippen molar-refractivity contribution in [1.29, 1.82) is 0 Å². The van der Waals surface area contributed by atoms with Gasteiger partial charge in [-0.25, -0.2) is 12.7 Å². The second-order valence-corrected chi connectivity index (χ2v) is 9.99. The van der Waals surface area contributed by atoms with Crippen LogP contribution in [0.15, 0.2) is 27.9 Å². The monoisotopic (exact) mass is 422 g/mol. The third kappa shape index (κ3) is 3.88. The van der Waals surface area contributed by atoms with Crippen LogP contribution >= 0.6 is 19.2 Å². The molecule has 26 heavy (non-hydrogen) atoms. The summed E-state index contributed by atoms with van der Waals surface area (Å²) in [5, 5.41) is 0.112. The Bertz CT molecular complexity index is 1020. The lowest BCUT2D eigenvalue weighted by Crippen LogP contribution is -2.29. The Balaban J connectivity index is 2.78. The third-order valence-corrected chi connectivity index (χ3v) is 7.93. The van der Waals surface area contributed by atoms with Crippen molar-refractivity contribution in [3.8, 4) is 0 Å². The Kier molecular flexibility index (Phi) is 6.32. The maximum absolute atomic E-state index is 12.9. The summed E-state index contributed by atoms with van der Waals surface area (Å²) in [6.07, 6.45) is 0. The molecule has 1 heterocycles. The molecule has 0 amide bonds. The van der Waals surface area contributed by atoms with Crippen molar-refractivity contribution in [2.45, 2.75) is 18.7 Å².